The van der Waals surface area contributed by atoms with Gasteiger partial charge in [-0.2, -0.15) is 5.10 Å². The van der Waals surface area contributed by atoms with E-state index in [-0.39, 0.29) is 5.56 Å². The Labute approximate surface area is 189 Å². The first kappa shape index (κ1) is 21.8. The van der Waals surface area contributed by atoms with Crippen LogP contribution in [0.4, 0.5) is 5.69 Å². The molecule has 0 saturated heterocycles. The lowest BCUT2D eigenvalue weighted by atomic mass is 9.95. The number of hydrogen-bond acceptors (Lipinski definition) is 7. The Bertz CT molecular complexity index is 1410. The maximum atomic E-state index is 13.5. The van der Waals surface area contributed by atoms with E-state index in [0.29, 0.717) is 20.6 Å². The number of anilines is 1. The van der Waals surface area contributed by atoms with Crippen LogP contribution in [0.2, 0.25) is 0 Å². The number of aromatic nitrogens is 3. The molecular formula is C23H25N5O3S. The molecule has 2 aromatic heterocycles. The summed E-state index contributed by atoms with van der Waals surface area (Å²) < 4.78 is 8.89. The Morgan fingerprint density at radius 3 is 2.47 bits per heavy atom. The summed E-state index contributed by atoms with van der Waals surface area (Å²) in [5, 5.41) is 4.35. The number of fused-ring (bicyclic) bond motifs is 1. The van der Waals surface area contributed by atoms with Gasteiger partial charge in [0, 0.05) is 38.6 Å². The average Bonchev–Trinajstić information content (AvgIpc) is 3.24. The molecule has 0 saturated carbocycles. The van der Waals surface area contributed by atoms with Crippen molar-refractivity contribution in [2.75, 3.05) is 26.1 Å². The van der Waals surface area contributed by atoms with Gasteiger partial charge < -0.3 is 9.64 Å². The number of methoxy groups -OCH3 is 1. The Morgan fingerprint density at radius 1 is 1.22 bits per heavy atom. The Morgan fingerprint density at radius 2 is 1.91 bits per heavy atom. The molecule has 9 heteroatoms. The van der Waals surface area contributed by atoms with Crippen molar-refractivity contribution >= 4 is 29.1 Å². The molecule has 3 heterocycles. The topological polar surface area (TPSA) is 81.7 Å². The third kappa shape index (κ3) is 3.69. The van der Waals surface area contributed by atoms with Crippen molar-refractivity contribution in [3.63, 3.8) is 0 Å². The number of rotatable bonds is 4. The van der Waals surface area contributed by atoms with E-state index in [1.807, 2.05) is 69.5 Å². The molecule has 0 N–H and O–H groups in total. The van der Waals surface area contributed by atoms with Crippen molar-refractivity contribution in [2.24, 2.45) is 12.0 Å². The summed E-state index contributed by atoms with van der Waals surface area (Å²) in [6, 6.07) is 7.18. The molecule has 0 fully saturated rings. The molecule has 0 unspecified atom stereocenters. The third-order valence-corrected chi connectivity index (χ3v) is 6.47. The molecule has 0 spiro atoms. The average molecular weight is 452 g/mol. The van der Waals surface area contributed by atoms with Crippen molar-refractivity contribution < 1.29 is 9.53 Å². The predicted octanol–water partition coefficient (Wildman–Crippen LogP) is 1.52. The lowest BCUT2D eigenvalue weighted by Crippen LogP contribution is -2.39. The molecule has 0 bridgehead atoms. The lowest BCUT2D eigenvalue weighted by molar-refractivity contribution is -0.136. The highest BCUT2D eigenvalue weighted by atomic mass is 32.1. The zero-order valence-electron chi connectivity index (χ0n) is 18.9. The highest BCUT2D eigenvalue weighted by molar-refractivity contribution is 7.07. The van der Waals surface area contributed by atoms with Gasteiger partial charge in [0.25, 0.3) is 5.56 Å². The van der Waals surface area contributed by atoms with E-state index < -0.39 is 12.0 Å². The molecule has 1 aliphatic rings. The third-order valence-electron chi connectivity index (χ3n) is 5.49. The summed E-state index contributed by atoms with van der Waals surface area (Å²) in [6.07, 6.45) is 3.70. The summed E-state index contributed by atoms with van der Waals surface area (Å²) in [6.45, 7) is 3.67. The van der Waals surface area contributed by atoms with Crippen LogP contribution in [0, 0.1) is 6.92 Å². The monoisotopic (exact) mass is 451 g/mol. The first-order chi connectivity index (χ1) is 15.2. The van der Waals surface area contributed by atoms with Crippen LogP contribution in [-0.2, 0) is 16.6 Å². The minimum atomic E-state index is -0.618. The van der Waals surface area contributed by atoms with Gasteiger partial charge in [0.1, 0.15) is 0 Å². The zero-order valence-corrected chi connectivity index (χ0v) is 19.7. The van der Waals surface area contributed by atoms with Crippen LogP contribution >= 0.6 is 11.3 Å². The molecule has 0 amide bonds. The Kier molecular flexibility index (Phi) is 5.60. The van der Waals surface area contributed by atoms with Crippen LogP contribution in [0.1, 0.15) is 29.8 Å². The fourth-order valence-electron chi connectivity index (χ4n) is 3.86. The van der Waals surface area contributed by atoms with E-state index in [1.54, 1.807) is 16.2 Å². The predicted molar refractivity (Wildman–Crippen MR) is 124 cm³/mol. The lowest BCUT2D eigenvalue weighted by Gasteiger charge is -2.25. The zero-order chi connectivity index (χ0) is 23.2. The standard InChI is InChI=1S/C23H25N5O3S/c1-13-16(12-27(5)25-13)11-18-21(29)28-20(15-7-9-17(10-8-15)26(3)4)19(22(30)31-6)14(2)24-23(28)32-18/h7-12,20H,1-6H3/t20-/m1/s1. The van der Waals surface area contributed by atoms with Gasteiger partial charge in [-0.05, 0) is 37.6 Å². The maximum absolute atomic E-state index is 13.5. The van der Waals surface area contributed by atoms with Gasteiger partial charge in [-0.15, -0.1) is 0 Å². The summed E-state index contributed by atoms with van der Waals surface area (Å²) in [5.74, 6) is -0.495. The minimum absolute atomic E-state index is 0.201. The Hall–Kier alpha value is -3.46. The van der Waals surface area contributed by atoms with Crippen LogP contribution in [0.3, 0.4) is 0 Å². The fourth-order valence-corrected chi connectivity index (χ4v) is 4.90. The SMILES string of the molecule is COC(=O)C1=C(C)N=c2sc(=Cc3cn(C)nc3C)c(=O)n2[C@@H]1c1ccc(N(C)C)cc1. The number of allylic oxidation sites excluding steroid dienone is 1. The summed E-state index contributed by atoms with van der Waals surface area (Å²) >= 11 is 1.30. The van der Waals surface area contributed by atoms with Crippen molar-refractivity contribution in [1.29, 1.82) is 0 Å². The molecule has 3 aromatic rings. The number of thiazole rings is 1. The van der Waals surface area contributed by atoms with Gasteiger partial charge in [0.15, 0.2) is 4.80 Å². The van der Waals surface area contributed by atoms with Crippen molar-refractivity contribution in [1.82, 2.24) is 14.3 Å². The number of hydrogen-bond donors (Lipinski definition) is 0. The molecule has 0 radical (unpaired) electrons. The first-order valence-corrected chi connectivity index (χ1v) is 10.9. The van der Waals surface area contributed by atoms with Crippen LogP contribution in [-0.4, -0.2) is 41.5 Å². The van der Waals surface area contributed by atoms with Gasteiger partial charge in [-0.3, -0.25) is 14.0 Å². The number of ether oxygens (including phenoxy) is 1. The molecular weight excluding hydrogens is 426 g/mol. The van der Waals surface area contributed by atoms with Crippen LogP contribution < -0.4 is 19.8 Å². The molecule has 0 aliphatic carbocycles. The number of nitrogens with zero attached hydrogens (tertiary/aromatic N) is 5. The second-order valence-corrected chi connectivity index (χ2v) is 8.91. The number of esters is 1. The van der Waals surface area contributed by atoms with Crippen molar-refractivity contribution in [2.45, 2.75) is 19.9 Å². The van der Waals surface area contributed by atoms with Gasteiger partial charge in [0.2, 0.25) is 0 Å². The normalized spacial score (nSPS) is 16.1. The second-order valence-electron chi connectivity index (χ2n) is 7.90. The Balaban J connectivity index is 1.96. The first-order valence-electron chi connectivity index (χ1n) is 10.1. The minimum Gasteiger partial charge on any atom is -0.466 e. The molecule has 4 rings (SSSR count). The van der Waals surface area contributed by atoms with Crippen LogP contribution in [0.15, 0.2) is 51.5 Å². The highest BCUT2D eigenvalue weighted by Crippen LogP contribution is 2.31. The van der Waals surface area contributed by atoms with E-state index >= 15 is 0 Å². The summed E-state index contributed by atoms with van der Waals surface area (Å²) in [5.41, 5.74) is 4.25. The highest BCUT2D eigenvalue weighted by Gasteiger charge is 2.33. The van der Waals surface area contributed by atoms with E-state index in [1.165, 1.54) is 18.4 Å². The molecule has 32 heavy (non-hydrogen) atoms. The largest absolute Gasteiger partial charge is 0.466 e. The summed E-state index contributed by atoms with van der Waals surface area (Å²) in [4.78, 5) is 33.4. The van der Waals surface area contributed by atoms with Crippen LogP contribution in [0.25, 0.3) is 6.08 Å². The summed E-state index contributed by atoms with van der Waals surface area (Å²) in [7, 11) is 7.10. The molecule has 1 aliphatic heterocycles. The fraction of sp³-hybridized carbons (Fsp3) is 0.304. The van der Waals surface area contributed by atoms with E-state index in [0.717, 1.165) is 22.5 Å². The number of carbonyl (C=O) groups is 1. The van der Waals surface area contributed by atoms with Gasteiger partial charge in [-0.1, -0.05) is 23.5 Å². The number of benzene rings is 1. The molecule has 1 atom stereocenters. The van der Waals surface area contributed by atoms with Crippen molar-refractivity contribution in [3.05, 3.63) is 78.2 Å². The van der Waals surface area contributed by atoms with E-state index in [4.69, 9.17) is 4.74 Å². The molecule has 1 aromatic carbocycles. The molecule has 166 valence electrons. The molecule has 8 nitrogen and oxygen atoms in total. The van der Waals surface area contributed by atoms with Gasteiger partial charge >= 0.3 is 5.97 Å². The van der Waals surface area contributed by atoms with Crippen molar-refractivity contribution in [3.8, 4) is 0 Å². The number of aryl methyl sites for hydroxylation is 2. The second kappa shape index (κ2) is 8.23. The van der Waals surface area contributed by atoms with E-state index in [9.17, 15) is 9.59 Å². The smallest absolute Gasteiger partial charge is 0.338 e. The van der Waals surface area contributed by atoms with Gasteiger partial charge in [0.05, 0.1) is 34.6 Å². The number of carbonyl (C=O) groups excluding carboxylic acids is 1. The van der Waals surface area contributed by atoms with Crippen LogP contribution in [0.5, 0.6) is 0 Å². The van der Waals surface area contributed by atoms with E-state index in [2.05, 4.69) is 10.1 Å². The quantitative estimate of drug-likeness (QED) is 0.562. The van der Waals surface area contributed by atoms with Gasteiger partial charge in [-0.25, -0.2) is 9.79 Å². The maximum Gasteiger partial charge on any atom is 0.338 e.